The van der Waals surface area contributed by atoms with E-state index in [1.54, 1.807) is 24.3 Å². The maximum Gasteiger partial charge on any atom is 0.433 e. The molecular weight excluding hydrogens is 301 g/mol. The summed E-state index contributed by atoms with van der Waals surface area (Å²) in [5.74, 6) is 0.591. The summed E-state index contributed by atoms with van der Waals surface area (Å²) in [6.45, 7) is 0.211. The van der Waals surface area contributed by atoms with Gasteiger partial charge in [-0.3, -0.25) is 9.89 Å². The van der Waals surface area contributed by atoms with Crippen LogP contribution < -0.4 is 4.74 Å². The van der Waals surface area contributed by atoms with Crippen molar-refractivity contribution in [3.05, 3.63) is 47.3 Å². The number of hydrogen-bond donors (Lipinski definition) is 1. The van der Waals surface area contributed by atoms with Gasteiger partial charge in [-0.2, -0.15) is 18.3 Å². The SMILES string of the molecule is COc1ccc(C(Cc2cn[nH]c2C(F)(F)F)OC=O)cc1. The molecule has 0 aliphatic heterocycles. The second kappa shape index (κ2) is 6.50. The molecule has 0 radical (unpaired) electrons. The van der Waals surface area contributed by atoms with Crippen molar-refractivity contribution in [2.24, 2.45) is 0 Å². The number of benzene rings is 1. The van der Waals surface area contributed by atoms with Crippen molar-refractivity contribution in [3.8, 4) is 5.75 Å². The summed E-state index contributed by atoms with van der Waals surface area (Å²) in [4.78, 5) is 10.6. The van der Waals surface area contributed by atoms with Crippen LogP contribution in [0.15, 0.2) is 30.5 Å². The fourth-order valence-corrected chi connectivity index (χ4v) is 2.04. The molecule has 118 valence electrons. The highest BCUT2D eigenvalue weighted by Gasteiger charge is 2.36. The van der Waals surface area contributed by atoms with E-state index >= 15 is 0 Å². The van der Waals surface area contributed by atoms with Crippen LogP contribution in [0.1, 0.15) is 22.9 Å². The third-order valence-electron chi connectivity index (χ3n) is 3.11. The molecule has 0 saturated carbocycles. The third kappa shape index (κ3) is 3.57. The van der Waals surface area contributed by atoms with Gasteiger partial charge in [-0.05, 0) is 17.7 Å². The smallest absolute Gasteiger partial charge is 0.433 e. The lowest BCUT2D eigenvalue weighted by molar-refractivity contribution is -0.142. The predicted octanol–water partition coefficient (Wildman–Crippen LogP) is 2.89. The fraction of sp³-hybridized carbons (Fsp3) is 0.286. The van der Waals surface area contributed by atoms with Gasteiger partial charge in [-0.1, -0.05) is 12.1 Å². The van der Waals surface area contributed by atoms with E-state index in [0.29, 0.717) is 11.3 Å². The van der Waals surface area contributed by atoms with E-state index in [2.05, 4.69) is 5.10 Å². The van der Waals surface area contributed by atoms with E-state index in [0.717, 1.165) is 6.20 Å². The van der Waals surface area contributed by atoms with Gasteiger partial charge >= 0.3 is 6.18 Å². The van der Waals surface area contributed by atoms with Crippen molar-refractivity contribution in [3.63, 3.8) is 0 Å². The molecule has 0 spiro atoms. The molecule has 0 saturated heterocycles. The summed E-state index contributed by atoms with van der Waals surface area (Å²) in [6.07, 6.45) is -4.46. The normalized spacial score (nSPS) is 12.7. The highest BCUT2D eigenvalue weighted by Crippen LogP contribution is 2.33. The molecule has 0 bridgehead atoms. The summed E-state index contributed by atoms with van der Waals surface area (Å²) < 4.78 is 48.4. The van der Waals surface area contributed by atoms with Crippen LogP contribution in [0.4, 0.5) is 13.2 Å². The average Bonchev–Trinajstić information content (AvgIpc) is 2.95. The summed E-state index contributed by atoms with van der Waals surface area (Å²) in [7, 11) is 1.50. The average molecular weight is 314 g/mol. The van der Waals surface area contributed by atoms with E-state index in [1.807, 2.05) is 5.10 Å². The molecule has 1 aromatic heterocycles. The van der Waals surface area contributed by atoms with Crippen molar-refractivity contribution in [2.75, 3.05) is 7.11 Å². The topological polar surface area (TPSA) is 64.2 Å². The quantitative estimate of drug-likeness (QED) is 0.833. The van der Waals surface area contributed by atoms with Crippen LogP contribution in [-0.4, -0.2) is 23.8 Å². The van der Waals surface area contributed by atoms with Crippen LogP contribution in [-0.2, 0) is 22.1 Å². The standard InChI is InChI=1S/C14H13F3N2O3/c1-21-11-4-2-9(3-5-11)12(22-8-20)6-10-7-18-19-13(10)14(15,16)17/h2-5,7-8,12H,6H2,1H3,(H,18,19). The second-order valence-electron chi connectivity index (χ2n) is 4.47. The molecule has 0 aliphatic carbocycles. The van der Waals surface area contributed by atoms with Gasteiger partial charge in [0, 0.05) is 12.0 Å². The van der Waals surface area contributed by atoms with Gasteiger partial charge in [0.1, 0.15) is 17.5 Å². The predicted molar refractivity (Wildman–Crippen MR) is 70.2 cm³/mol. The Morgan fingerprint density at radius 1 is 1.32 bits per heavy atom. The Morgan fingerprint density at radius 3 is 2.55 bits per heavy atom. The maximum atomic E-state index is 12.8. The number of rotatable bonds is 6. The third-order valence-corrected chi connectivity index (χ3v) is 3.11. The number of ether oxygens (including phenoxy) is 2. The number of halogens is 3. The molecule has 2 rings (SSSR count). The second-order valence-corrected chi connectivity index (χ2v) is 4.47. The lowest BCUT2D eigenvalue weighted by Crippen LogP contribution is -2.13. The lowest BCUT2D eigenvalue weighted by atomic mass is 10.0. The van der Waals surface area contributed by atoms with Gasteiger partial charge in [-0.15, -0.1) is 0 Å². The van der Waals surface area contributed by atoms with Gasteiger partial charge in [0.15, 0.2) is 0 Å². The zero-order valence-corrected chi connectivity index (χ0v) is 11.6. The lowest BCUT2D eigenvalue weighted by Gasteiger charge is -2.16. The molecule has 1 unspecified atom stereocenters. The Labute approximate surface area is 124 Å². The molecule has 0 amide bonds. The largest absolute Gasteiger partial charge is 0.497 e. The number of carbonyl (C=O) groups is 1. The van der Waals surface area contributed by atoms with Gasteiger partial charge in [-0.25, -0.2) is 0 Å². The van der Waals surface area contributed by atoms with E-state index in [1.165, 1.54) is 7.11 Å². The summed E-state index contributed by atoms with van der Waals surface area (Å²) in [5.41, 5.74) is -0.460. The Bertz CT molecular complexity index is 623. The van der Waals surface area contributed by atoms with E-state index in [-0.39, 0.29) is 18.5 Å². The summed E-state index contributed by atoms with van der Waals surface area (Å²) >= 11 is 0. The van der Waals surface area contributed by atoms with Crippen molar-refractivity contribution in [1.29, 1.82) is 0 Å². The highest BCUT2D eigenvalue weighted by molar-refractivity contribution is 5.40. The number of carbonyl (C=O) groups excluding carboxylic acids is 1. The Kier molecular flexibility index (Phi) is 4.69. The first kappa shape index (κ1) is 15.9. The molecule has 5 nitrogen and oxygen atoms in total. The molecule has 22 heavy (non-hydrogen) atoms. The first-order chi connectivity index (χ1) is 10.5. The molecule has 0 aliphatic rings. The summed E-state index contributed by atoms with van der Waals surface area (Å²) in [5, 5.41) is 5.34. The molecule has 1 aromatic carbocycles. The maximum absolute atomic E-state index is 12.8. The monoisotopic (exact) mass is 314 g/mol. The van der Waals surface area contributed by atoms with Crippen LogP contribution in [0.25, 0.3) is 0 Å². The number of methoxy groups -OCH3 is 1. The van der Waals surface area contributed by atoms with Gasteiger partial charge < -0.3 is 9.47 Å². The zero-order chi connectivity index (χ0) is 16.2. The Morgan fingerprint density at radius 2 is 2.00 bits per heavy atom. The number of aromatic nitrogens is 2. The van der Waals surface area contributed by atoms with Gasteiger partial charge in [0.2, 0.25) is 0 Å². The minimum Gasteiger partial charge on any atom is -0.497 e. The number of hydrogen-bond acceptors (Lipinski definition) is 4. The van der Waals surface area contributed by atoms with Crippen LogP contribution in [0, 0.1) is 0 Å². The van der Waals surface area contributed by atoms with Crippen LogP contribution in [0.2, 0.25) is 0 Å². The number of H-pyrrole nitrogens is 1. The zero-order valence-electron chi connectivity index (χ0n) is 11.6. The minimum absolute atomic E-state index is 0.0739. The van der Waals surface area contributed by atoms with Crippen molar-refractivity contribution >= 4 is 6.47 Å². The minimum atomic E-state index is -4.54. The first-order valence-electron chi connectivity index (χ1n) is 6.28. The fourth-order valence-electron chi connectivity index (χ4n) is 2.04. The molecular formula is C14H13F3N2O3. The van der Waals surface area contributed by atoms with Crippen LogP contribution in [0.3, 0.4) is 0 Å². The first-order valence-corrected chi connectivity index (χ1v) is 6.28. The molecule has 1 N–H and O–H groups in total. The molecule has 0 fully saturated rings. The van der Waals surface area contributed by atoms with E-state index in [9.17, 15) is 18.0 Å². The Balaban J connectivity index is 2.25. The van der Waals surface area contributed by atoms with Gasteiger partial charge in [0.05, 0.1) is 13.3 Å². The van der Waals surface area contributed by atoms with Crippen molar-refractivity contribution < 1.29 is 27.4 Å². The van der Waals surface area contributed by atoms with Gasteiger partial charge in [0.25, 0.3) is 6.47 Å². The number of aromatic amines is 1. The van der Waals surface area contributed by atoms with Crippen molar-refractivity contribution in [2.45, 2.75) is 18.7 Å². The number of alkyl halides is 3. The Hall–Kier alpha value is -2.51. The number of nitrogens with zero attached hydrogens (tertiary/aromatic N) is 1. The number of nitrogens with one attached hydrogen (secondary N) is 1. The van der Waals surface area contributed by atoms with Crippen LogP contribution >= 0.6 is 0 Å². The van der Waals surface area contributed by atoms with Crippen LogP contribution in [0.5, 0.6) is 5.75 Å². The molecule has 1 heterocycles. The molecule has 1 atom stereocenters. The highest BCUT2D eigenvalue weighted by atomic mass is 19.4. The molecule has 8 heteroatoms. The van der Waals surface area contributed by atoms with E-state index < -0.39 is 18.0 Å². The van der Waals surface area contributed by atoms with E-state index in [4.69, 9.17) is 9.47 Å². The summed E-state index contributed by atoms with van der Waals surface area (Å²) in [6, 6.07) is 6.52. The molecule has 2 aromatic rings. The van der Waals surface area contributed by atoms with Crippen molar-refractivity contribution in [1.82, 2.24) is 10.2 Å².